The Balaban J connectivity index is 1.47. The Morgan fingerprint density at radius 3 is 2.85 bits per heavy atom. The Morgan fingerprint density at radius 2 is 2.09 bits per heavy atom. The number of hydrogen-bond acceptors (Lipinski definition) is 5. The first kappa shape index (κ1) is 21.2. The molecule has 2 aliphatic rings. The van der Waals surface area contributed by atoms with E-state index < -0.39 is 0 Å². The number of imidazole rings is 1. The van der Waals surface area contributed by atoms with Crippen molar-refractivity contribution >= 4 is 27.8 Å². The van der Waals surface area contributed by atoms with Crippen LogP contribution in [0.2, 0.25) is 0 Å². The van der Waals surface area contributed by atoms with Crippen molar-refractivity contribution in [3.63, 3.8) is 0 Å². The number of amides is 1. The molecule has 0 saturated carbocycles. The van der Waals surface area contributed by atoms with Gasteiger partial charge in [-0.3, -0.25) is 4.79 Å². The third-order valence-electron chi connectivity index (χ3n) is 7.08. The minimum atomic E-state index is -0.0172. The molecule has 2 aliphatic heterocycles. The summed E-state index contributed by atoms with van der Waals surface area (Å²) in [7, 11) is 3.65. The molecule has 0 spiro atoms. The number of aromatic nitrogens is 3. The number of benzene rings is 2. The summed E-state index contributed by atoms with van der Waals surface area (Å²) in [6, 6.07) is 14.9. The number of fused-ring (bicyclic) bond motifs is 2. The van der Waals surface area contributed by atoms with Gasteiger partial charge in [-0.25, -0.2) is 4.98 Å². The molecule has 0 aliphatic carbocycles. The molecule has 0 radical (unpaired) electrons. The second-order valence-electron chi connectivity index (χ2n) is 9.50. The summed E-state index contributed by atoms with van der Waals surface area (Å²) in [6.45, 7) is 3.24. The van der Waals surface area contributed by atoms with Gasteiger partial charge in [0.1, 0.15) is 11.3 Å². The second-order valence-corrected chi connectivity index (χ2v) is 9.50. The number of likely N-dealkylation sites (tertiary alicyclic amines) is 1. The number of nitrogens with one attached hydrogen (secondary N) is 1. The zero-order valence-corrected chi connectivity index (χ0v) is 19.6. The van der Waals surface area contributed by atoms with Gasteiger partial charge in [-0.15, -0.1) is 0 Å². The van der Waals surface area contributed by atoms with E-state index in [0.717, 1.165) is 55.0 Å². The van der Waals surface area contributed by atoms with Crippen LogP contribution in [0.15, 0.2) is 42.5 Å². The number of methoxy groups -OCH3 is 1. The summed E-state index contributed by atoms with van der Waals surface area (Å²) in [5.74, 6) is 1.49. The van der Waals surface area contributed by atoms with E-state index in [9.17, 15) is 4.79 Å². The van der Waals surface area contributed by atoms with Crippen molar-refractivity contribution in [1.29, 1.82) is 0 Å². The first-order valence-corrected chi connectivity index (χ1v) is 11.9. The number of para-hydroxylation sites is 1. The third kappa shape index (κ3) is 3.54. The average molecular weight is 459 g/mol. The number of aryl methyl sites for hydroxylation is 1. The predicted octanol–water partition coefficient (Wildman–Crippen LogP) is 2.74. The summed E-state index contributed by atoms with van der Waals surface area (Å²) in [5.41, 5.74) is 10.6. The topological polar surface area (TPSA) is 100 Å². The van der Waals surface area contributed by atoms with Crippen molar-refractivity contribution in [2.75, 3.05) is 26.7 Å². The molecule has 1 unspecified atom stereocenters. The number of piperidine rings is 1. The molecule has 4 heterocycles. The molecule has 0 bridgehead atoms. The van der Waals surface area contributed by atoms with E-state index in [1.54, 1.807) is 7.11 Å². The maximum Gasteiger partial charge on any atom is 0.254 e. The maximum absolute atomic E-state index is 13.3. The van der Waals surface area contributed by atoms with E-state index in [4.69, 9.17) is 15.5 Å². The zero-order chi connectivity index (χ0) is 23.4. The maximum atomic E-state index is 13.3. The van der Waals surface area contributed by atoms with Gasteiger partial charge in [-0.05, 0) is 37.1 Å². The fourth-order valence-corrected chi connectivity index (χ4v) is 5.22. The monoisotopic (exact) mass is 458 g/mol. The van der Waals surface area contributed by atoms with E-state index in [1.807, 2.05) is 24.1 Å². The van der Waals surface area contributed by atoms with Crippen molar-refractivity contribution in [2.45, 2.75) is 31.5 Å². The number of rotatable bonds is 5. The largest absolute Gasteiger partial charge is 0.494 e. The molecule has 2 fully saturated rings. The Hall–Kier alpha value is -3.36. The van der Waals surface area contributed by atoms with Crippen LogP contribution in [0.5, 0.6) is 5.75 Å². The van der Waals surface area contributed by atoms with Gasteiger partial charge in [-0.1, -0.05) is 18.2 Å². The molecule has 2 saturated heterocycles. The minimum Gasteiger partial charge on any atom is -0.494 e. The Labute approximate surface area is 198 Å². The highest BCUT2D eigenvalue weighted by Gasteiger charge is 2.27. The highest BCUT2D eigenvalue weighted by molar-refractivity contribution is 6.00. The summed E-state index contributed by atoms with van der Waals surface area (Å²) in [4.78, 5) is 20.2. The fraction of sp³-hybridized carbons (Fsp3) is 0.385. The number of nitrogens with two attached hydrogens (primary N) is 1. The molecule has 1 amide bonds. The highest BCUT2D eigenvalue weighted by atomic mass is 16.5. The third-order valence-corrected chi connectivity index (χ3v) is 7.08. The number of hydrogen-bond donors (Lipinski definition) is 2. The van der Waals surface area contributed by atoms with Crippen molar-refractivity contribution in [3.05, 3.63) is 48.0 Å². The first-order chi connectivity index (χ1) is 16.5. The molecule has 4 aromatic rings. The minimum absolute atomic E-state index is 0.0172. The average Bonchev–Trinajstić information content (AvgIpc) is 3.52. The van der Waals surface area contributed by atoms with Crippen LogP contribution in [0.4, 0.5) is 0 Å². The predicted molar refractivity (Wildman–Crippen MR) is 133 cm³/mol. The zero-order valence-electron chi connectivity index (χ0n) is 19.6. The number of nitrogens with zero attached hydrogens (tertiary/aromatic N) is 4. The lowest BCUT2D eigenvalue weighted by Gasteiger charge is -2.30. The van der Waals surface area contributed by atoms with Crippen LogP contribution in [0.1, 0.15) is 23.2 Å². The first-order valence-electron chi connectivity index (χ1n) is 11.9. The molecule has 6 rings (SSSR count). The molecular formula is C26H30N6O2. The van der Waals surface area contributed by atoms with E-state index in [-0.39, 0.29) is 11.9 Å². The van der Waals surface area contributed by atoms with Crippen molar-refractivity contribution in [2.24, 2.45) is 12.8 Å². The smallest absolute Gasteiger partial charge is 0.254 e. The molecule has 34 heavy (non-hydrogen) atoms. The lowest BCUT2D eigenvalue weighted by Crippen LogP contribution is -2.45. The molecule has 2 atom stereocenters. The molecule has 2 aromatic carbocycles. The van der Waals surface area contributed by atoms with Crippen LogP contribution in [0, 0.1) is 0 Å². The normalized spacial score (nSPS) is 20.3. The molecule has 2 aromatic heterocycles. The summed E-state index contributed by atoms with van der Waals surface area (Å²) >= 11 is 0. The SMILES string of the molecule is COc1cc(C(=O)N2CCC[C@@H](N)C2)cc2nc(-c3cc4ccccc4n3CC3CN3)n(C)c12. The van der Waals surface area contributed by atoms with Gasteiger partial charge in [0.2, 0.25) is 0 Å². The van der Waals surface area contributed by atoms with E-state index in [2.05, 4.69) is 44.8 Å². The van der Waals surface area contributed by atoms with Crippen LogP contribution >= 0.6 is 0 Å². The highest BCUT2D eigenvalue weighted by Crippen LogP contribution is 2.35. The Morgan fingerprint density at radius 1 is 1.26 bits per heavy atom. The van der Waals surface area contributed by atoms with Crippen LogP contribution < -0.4 is 15.8 Å². The lowest BCUT2D eigenvalue weighted by molar-refractivity contribution is 0.0708. The summed E-state index contributed by atoms with van der Waals surface area (Å²) < 4.78 is 10.2. The standard InChI is InChI=1S/C26H30N6O2/c1-30-24-20(10-17(12-23(24)34-2)26(33)31-9-5-7-18(27)14-31)29-25(30)22-11-16-6-3-4-8-21(16)32(22)15-19-13-28-19/h3-4,6,8,10-12,18-19,28H,5,7,9,13-15,27H2,1-2H3/t18-,19?/m1/s1. The van der Waals surface area contributed by atoms with Gasteiger partial charge < -0.3 is 29.8 Å². The Kier molecular flexibility index (Phi) is 5.08. The van der Waals surface area contributed by atoms with Crippen LogP contribution in [-0.2, 0) is 13.6 Å². The van der Waals surface area contributed by atoms with Gasteiger partial charge in [0.05, 0.1) is 18.3 Å². The van der Waals surface area contributed by atoms with Gasteiger partial charge in [0.15, 0.2) is 5.82 Å². The number of carbonyl (C=O) groups excluding carboxylic acids is 1. The van der Waals surface area contributed by atoms with E-state index >= 15 is 0 Å². The summed E-state index contributed by atoms with van der Waals surface area (Å²) in [6.07, 6.45) is 1.89. The lowest BCUT2D eigenvalue weighted by atomic mass is 10.0. The van der Waals surface area contributed by atoms with Gasteiger partial charge in [0, 0.05) is 61.8 Å². The molecular weight excluding hydrogens is 428 g/mol. The number of carbonyl (C=O) groups is 1. The quantitative estimate of drug-likeness (QED) is 0.448. The van der Waals surface area contributed by atoms with Crippen molar-refractivity contribution in [1.82, 2.24) is 24.3 Å². The van der Waals surface area contributed by atoms with Crippen LogP contribution in [0.3, 0.4) is 0 Å². The fourth-order valence-electron chi connectivity index (χ4n) is 5.22. The Bertz CT molecular complexity index is 1400. The van der Waals surface area contributed by atoms with E-state index in [0.29, 0.717) is 23.9 Å². The molecule has 8 heteroatoms. The molecule has 3 N–H and O–H groups in total. The molecule has 8 nitrogen and oxygen atoms in total. The van der Waals surface area contributed by atoms with Crippen molar-refractivity contribution in [3.8, 4) is 17.3 Å². The van der Waals surface area contributed by atoms with Crippen molar-refractivity contribution < 1.29 is 9.53 Å². The number of ether oxygens (including phenoxy) is 1. The van der Waals surface area contributed by atoms with Gasteiger partial charge >= 0.3 is 0 Å². The second kappa shape index (κ2) is 8.14. The van der Waals surface area contributed by atoms with Crippen LogP contribution in [-0.4, -0.2) is 63.8 Å². The summed E-state index contributed by atoms with van der Waals surface area (Å²) in [5, 5.41) is 4.60. The van der Waals surface area contributed by atoms with Crippen LogP contribution in [0.25, 0.3) is 33.5 Å². The van der Waals surface area contributed by atoms with Gasteiger partial charge in [0.25, 0.3) is 5.91 Å². The molecule has 176 valence electrons. The van der Waals surface area contributed by atoms with Gasteiger partial charge in [-0.2, -0.15) is 0 Å². The van der Waals surface area contributed by atoms with E-state index in [1.165, 1.54) is 10.9 Å².